The Hall–Kier alpha value is -1.96. The number of phenols is 2. The summed E-state index contributed by atoms with van der Waals surface area (Å²) >= 11 is 0. The van der Waals surface area contributed by atoms with Crippen molar-refractivity contribution in [1.29, 1.82) is 0 Å². The predicted molar refractivity (Wildman–Crippen MR) is 112 cm³/mol. The molecule has 0 saturated heterocycles. The van der Waals surface area contributed by atoms with Gasteiger partial charge in [0.15, 0.2) is 0 Å². The largest absolute Gasteiger partial charge is 0.507 e. The molecule has 2 N–H and O–H groups in total. The van der Waals surface area contributed by atoms with E-state index in [1.807, 2.05) is 27.7 Å². The van der Waals surface area contributed by atoms with Crippen LogP contribution in [0.4, 0.5) is 0 Å². The standard InChI is InChI=1S/C24H34O2/c1-9-13(3)19-11-15(5)17(7)23(25)21(19)22-20(14(4)10-2)12-16(6)18(8)24(22)26/h11-14,25-26H,9-10H2,1-8H3. The molecule has 0 aliphatic rings. The van der Waals surface area contributed by atoms with Crippen LogP contribution >= 0.6 is 0 Å². The van der Waals surface area contributed by atoms with Crippen LogP contribution in [0.5, 0.6) is 11.5 Å². The van der Waals surface area contributed by atoms with Crippen molar-refractivity contribution in [3.05, 3.63) is 45.5 Å². The Balaban J connectivity index is 3.00. The lowest BCUT2D eigenvalue weighted by Crippen LogP contribution is -2.04. The van der Waals surface area contributed by atoms with Crippen LogP contribution in [-0.4, -0.2) is 10.2 Å². The van der Waals surface area contributed by atoms with E-state index < -0.39 is 0 Å². The van der Waals surface area contributed by atoms with Crippen molar-refractivity contribution in [2.75, 3.05) is 0 Å². The monoisotopic (exact) mass is 354 g/mol. The molecule has 2 heteroatoms. The fourth-order valence-electron chi connectivity index (χ4n) is 3.59. The van der Waals surface area contributed by atoms with Gasteiger partial charge in [-0.25, -0.2) is 0 Å². The zero-order valence-electron chi connectivity index (χ0n) is 17.6. The summed E-state index contributed by atoms with van der Waals surface area (Å²) in [5.74, 6) is 1.23. The molecule has 0 amide bonds. The van der Waals surface area contributed by atoms with Gasteiger partial charge in [0.05, 0.1) is 0 Å². The summed E-state index contributed by atoms with van der Waals surface area (Å²) < 4.78 is 0. The lowest BCUT2D eigenvalue weighted by atomic mass is 9.80. The topological polar surface area (TPSA) is 40.5 Å². The molecule has 2 aromatic carbocycles. The number of rotatable bonds is 5. The molecule has 0 aliphatic heterocycles. The third-order valence-corrected chi connectivity index (χ3v) is 6.22. The molecule has 2 atom stereocenters. The Bertz CT molecular complexity index is 748. The molecule has 0 aromatic heterocycles. The molecule has 2 aromatic rings. The first kappa shape index (κ1) is 20.4. The number of aromatic hydroxyl groups is 2. The number of hydrogen-bond donors (Lipinski definition) is 2. The number of phenolic OH excluding ortho intramolecular Hbond substituents is 2. The quantitative estimate of drug-likeness (QED) is 0.605. The Morgan fingerprint density at radius 3 is 1.27 bits per heavy atom. The van der Waals surface area contributed by atoms with E-state index in [-0.39, 0.29) is 0 Å². The minimum Gasteiger partial charge on any atom is -0.507 e. The first-order valence-electron chi connectivity index (χ1n) is 9.81. The zero-order chi connectivity index (χ0) is 19.8. The lowest BCUT2D eigenvalue weighted by Gasteiger charge is -2.25. The molecule has 0 radical (unpaired) electrons. The average molecular weight is 355 g/mol. The summed E-state index contributed by atoms with van der Waals surface area (Å²) in [5.41, 5.74) is 7.84. The van der Waals surface area contributed by atoms with Crippen molar-refractivity contribution in [2.24, 2.45) is 0 Å². The third kappa shape index (κ3) is 3.34. The average Bonchev–Trinajstić information content (AvgIpc) is 2.63. The highest BCUT2D eigenvalue weighted by Gasteiger charge is 2.26. The second-order valence-corrected chi connectivity index (χ2v) is 7.88. The van der Waals surface area contributed by atoms with E-state index in [2.05, 4.69) is 39.8 Å². The molecular weight excluding hydrogens is 320 g/mol. The first-order valence-corrected chi connectivity index (χ1v) is 9.81. The zero-order valence-corrected chi connectivity index (χ0v) is 17.6. The summed E-state index contributed by atoms with van der Waals surface area (Å²) in [6.07, 6.45) is 1.97. The van der Waals surface area contributed by atoms with E-state index in [0.717, 1.165) is 57.3 Å². The van der Waals surface area contributed by atoms with Gasteiger partial charge in [0, 0.05) is 11.1 Å². The molecule has 2 unspecified atom stereocenters. The van der Waals surface area contributed by atoms with Crippen LogP contribution in [0, 0.1) is 27.7 Å². The van der Waals surface area contributed by atoms with E-state index >= 15 is 0 Å². The minimum absolute atomic E-state index is 0.306. The van der Waals surface area contributed by atoms with Crippen molar-refractivity contribution >= 4 is 0 Å². The summed E-state index contributed by atoms with van der Waals surface area (Å²) in [6.45, 7) is 16.7. The predicted octanol–water partition coefficient (Wildman–Crippen LogP) is 7.03. The summed E-state index contributed by atoms with van der Waals surface area (Å²) in [4.78, 5) is 0. The molecule has 142 valence electrons. The van der Waals surface area contributed by atoms with Crippen LogP contribution < -0.4 is 0 Å². The van der Waals surface area contributed by atoms with Gasteiger partial charge in [0.2, 0.25) is 0 Å². The fraction of sp³-hybridized carbons (Fsp3) is 0.500. The summed E-state index contributed by atoms with van der Waals surface area (Å²) in [7, 11) is 0. The Morgan fingerprint density at radius 2 is 1.00 bits per heavy atom. The van der Waals surface area contributed by atoms with Gasteiger partial charge in [-0.15, -0.1) is 0 Å². The molecular formula is C24H34O2. The van der Waals surface area contributed by atoms with Gasteiger partial charge in [-0.1, -0.05) is 39.8 Å². The van der Waals surface area contributed by atoms with Gasteiger partial charge < -0.3 is 10.2 Å². The van der Waals surface area contributed by atoms with Crippen LogP contribution in [0.1, 0.15) is 85.8 Å². The molecule has 0 spiro atoms. The number of hydrogen-bond acceptors (Lipinski definition) is 2. The van der Waals surface area contributed by atoms with Crippen molar-refractivity contribution in [3.63, 3.8) is 0 Å². The third-order valence-electron chi connectivity index (χ3n) is 6.22. The maximum absolute atomic E-state index is 11.1. The van der Waals surface area contributed by atoms with Crippen molar-refractivity contribution in [3.8, 4) is 22.6 Å². The van der Waals surface area contributed by atoms with Gasteiger partial charge in [-0.3, -0.25) is 0 Å². The SMILES string of the molecule is CCC(C)c1cc(C)c(C)c(O)c1-c1c(C(C)CC)cc(C)c(C)c1O. The highest BCUT2D eigenvalue weighted by Crippen LogP contribution is 2.49. The van der Waals surface area contributed by atoms with E-state index in [9.17, 15) is 10.2 Å². The molecule has 2 nitrogen and oxygen atoms in total. The molecule has 26 heavy (non-hydrogen) atoms. The summed E-state index contributed by atoms with van der Waals surface area (Å²) in [6, 6.07) is 4.38. The highest BCUT2D eigenvalue weighted by molar-refractivity contribution is 5.85. The maximum Gasteiger partial charge on any atom is 0.127 e. The molecule has 0 aliphatic carbocycles. The van der Waals surface area contributed by atoms with Gasteiger partial charge in [-0.2, -0.15) is 0 Å². The van der Waals surface area contributed by atoms with E-state index in [4.69, 9.17) is 0 Å². The first-order chi connectivity index (χ1) is 12.1. The van der Waals surface area contributed by atoms with Crippen molar-refractivity contribution in [2.45, 2.75) is 80.1 Å². The second-order valence-electron chi connectivity index (χ2n) is 7.88. The van der Waals surface area contributed by atoms with Crippen LogP contribution in [0.25, 0.3) is 11.1 Å². The number of benzene rings is 2. The van der Waals surface area contributed by atoms with Gasteiger partial charge in [-0.05, 0) is 85.8 Å². The van der Waals surface area contributed by atoms with Crippen LogP contribution in [-0.2, 0) is 0 Å². The Labute approximate surface area is 158 Å². The molecule has 0 bridgehead atoms. The van der Waals surface area contributed by atoms with E-state index in [1.54, 1.807) is 0 Å². The van der Waals surface area contributed by atoms with E-state index in [1.165, 1.54) is 0 Å². The number of aryl methyl sites for hydroxylation is 2. The highest BCUT2D eigenvalue weighted by atomic mass is 16.3. The fourth-order valence-corrected chi connectivity index (χ4v) is 3.59. The Morgan fingerprint density at radius 1 is 0.692 bits per heavy atom. The molecule has 0 heterocycles. The lowest BCUT2D eigenvalue weighted by molar-refractivity contribution is 0.462. The van der Waals surface area contributed by atoms with Crippen LogP contribution in [0.3, 0.4) is 0 Å². The van der Waals surface area contributed by atoms with Gasteiger partial charge >= 0.3 is 0 Å². The van der Waals surface area contributed by atoms with Gasteiger partial charge in [0.25, 0.3) is 0 Å². The Kier molecular flexibility index (Phi) is 6.05. The van der Waals surface area contributed by atoms with Crippen molar-refractivity contribution < 1.29 is 10.2 Å². The van der Waals surface area contributed by atoms with E-state index in [0.29, 0.717) is 23.3 Å². The second kappa shape index (κ2) is 7.73. The normalized spacial score (nSPS) is 13.7. The molecule has 0 saturated carbocycles. The minimum atomic E-state index is 0.306. The smallest absolute Gasteiger partial charge is 0.127 e. The van der Waals surface area contributed by atoms with Crippen molar-refractivity contribution in [1.82, 2.24) is 0 Å². The molecule has 2 rings (SSSR count). The van der Waals surface area contributed by atoms with Crippen LogP contribution in [0.15, 0.2) is 12.1 Å². The maximum atomic E-state index is 11.1. The molecule has 0 fully saturated rings. The van der Waals surface area contributed by atoms with Gasteiger partial charge in [0.1, 0.15) is 11.5 Å². The summed E-state index contributed by atoms with van der Waals surface area (Å²) in [5, 5.41) is 22.2. The van der Waals surface area contributed by atoms with Crippen LogP contribution in [0.2, 0.25) is 0 Å².